The summed E-state index contributed by atoms with van der Waals surface area (Å²) in [5.41, 5.74) is 3.70. The maximum Gasteiger partial charge on any atom is 0.246 e. The number of hydrogen-bond acceptors (Lipinski definition) is 2. The SMILES string of the molecule is C=C(C)C(=O)NCCCNC(=O)/C=C/c1cccc(-c2ccccc2)c1. The number of rotatable bonds is 8. The van der Waals surface area contributed by atoms with Crippen molar-refractivity contribution in [3.05, 3.63) is 78.4 Å². The Hall–Kier alpha value is -3.14. The molecule has 0 saturated carbocycles. The van der Waals surface area contributed by atoms with Gasteiger partial charge in [-0.25, -0.2) is 0 Å². The first kappa shape index (κ1) is 19.2. The summed E-state index contributed by atoms with van der Waals surface area (Å²) in [5.74, 6) is -0.309. The molecule has 134 valence electrons. The summed E-state index contributed by atoms with van der Waals surface area (Å²) in [7, 11) is 0. The van der Waals surface area contributed by atoms with E-state index in [0.29, 0.717) is 25.1 Å². The highest BCUT2D eigenvalue weighted by molar-refractivity contribution is 5.92. The van der Waals surface area contributed by atoms with Crippen LogP contribution in [-0.2, 0) is 9.59 Å². The quantitative estimate of drug-likeness (QED) is 0.566. The minimum Gasteiger partial charge on any atom is -0.352 e. The Labute approximate surface area is 154 Å². The van der Waals surface area contributed by atoms with Gasteiger partial charge in [0.2, 0.25) is 11.8 Å². The summed E-state index contributed by atoms with van der Waals surface area (Å²) in [5, 5.41) is 5.53. The standard InChI is InChI=1S/C22H24N2O2/c1-17(2)22(26)24-15-7-14-23-21(25)13-12-18-8-6-11-20(16-18)19-9-4-3-5-10-19/h3-6,8-13,16H,1,7,14-15H2,2H3,(H,23,25)(H,24,26)/b13-12+. The summed E-state index contributed by atoms with van der Waals surface area (Å²) < 4.78 is 0. The monoisotopic (exact) mass is 348 g/mol. The summed E-state index contributed by atoms with van der Waals surface area (Å²) in [6.07, 6.45) is 3.99. The zero-order valence-corrected chi connectivity index (χ0v) is 15.0. The van der Waals surface area contributed by atoms with E-state index >= 15 is 0 Å². The first-order chi connectivity index (χ1) is 12.6. The van der Waals surface area contributed by atoms with Gasteiger partial charge in [0, 0.05) is 24.7 Å². The van der Waals surface area contributed by atoms with Gasteiger partial charge in [-0.3, -0.25) is 9.59 Å². The lowest BCUT2D eigenvalue weighted by Gasteiger charge is -2.05. The van der Waals surface area contributed by atoms with Crippen LogP contribution in [0.5, 0.6) is 0 Å². The summed E-state index contributed by atoms with van der Waals surface area (Å²) in [4.78, 5) is 23.2. The molecule has 4 heteroatoms. The van der Waals surface area contributed by atoms with Gasteiger partial charge in [-0.05, 0) is 42.2 Å². The van der Waals surface area contributed by atoms with Gasteiger partial charge in [-0.15, -0.1) is 0 Å². The van der Waals surface area contributed by atoms with Gasteiger partial charge >= 0.3 is 0 Å². The van der Waals surface area contributed by atoms with E-state index in [1.165, 1.54) is 6.08 Å². The molecule has 0 radical (unpaired) electrons. The lowest BCUT2D eigenvalue weighted by atomic mass is 10.0. The third-order valence-corrected chi connectivity index (χ3v) is 3.75. The molecule has 0 aromatic heterocycles. The van der Waals surface area contributed by atoms with Crippen molar-refractivity contribution in [1.29, 1.82) is 0 Å². The fourth-order valence-corrected chi connectivity index (χ4v) is 2.34. The smallest absolute Gasteiger partial charge is 0.246 e. The van der Waals surface area contributed by atoms with Crippen LogP contribution in [0.1, 0.15) is 18.9 Å². The van der Waals surface area contributed by atoms with Crippen molar-refractivity contribution in [3.63, 3.8) is 0 Å². The van der Waals surface area contributed by atoms with Gasteiger partial charge in [-0.1, -0.05) is 55.1 Å². The highest BCUT2D eigenvalue weighted by Gasteiger charge is 2.01. The predicted molar refractivity (Wildman–Crippen MR) is 106 cm³/mol. The Kier molecular flexibility index (Phi) is 7.37. The molecule has 0 fully saturated rings. The zero-order chi connectivity index (χ0) is 18.8. The highest BCUT2D eigenvalue weighted by Crippen LogP contribution is 2.20. The zero-order valence-electron chi connectivity index (χ0n) is 15.0. The van der Waals surface area contributed by atoms with Crippen molar-refractivity contribution in [2.45, 2.75) is 13.3 Å². The molecule has 0 saturated heterocycles. The Bertz CT molecular complexity index is 795. The van der Waals surface area contributed by atoms with Crippen LogP contribution in [0.3, 0.4) is 0 Å². The minimum absolute atomic E-state index is 0.152. The second-order valence-electron chi connectivity index (χ2n) is 6.01. The predicted octanol–water partition coefficient (Wildman–Crippen LogP) is 3.57. The Morgan fingerprint density at radius 2 is 1.65 bits per heavy atom. The number of hydrogen-bond donors (Lipinski definition) is 2. The second kappa shape index (κ2) is 9.99. The van der Waals surface area contributed by atoms with Gasteiger partial charge < -0.3 is 10.6 Å². The summed E-state index contributed by atoms with van der Waals surface area (Å²) in [6, 6.07) is 18.1. The van der Waals surface area contributed by atoms with E-state index < -0.39 is 0 Å². The molecule has 2 rings (SSSR count). The number of nitrogens with one attached hydrogen (secondary N) is 2. The van der Waals surface area contributed by atoms with Gasteiger partial charge in [0.15, 0.2) is 0 Å². The molecule has 0 atom stereocenters. The van der Waals surface area contributed by atoms with Crippen molar-refractivity contribution in [1.82, 2.24) is 10.6 Å². The summed E-state index contributed by atoms with van der Waals surface area (Å²) in [6.45, 7) is 6.24. The normalized spacial score (nSPS) is 10.5. The molecule has 2 aromatic rings. The molecule has 0 aliphatic carbocycles. The lowest BCUT2D eigenvalue weighted by Crippen LogP contribution is -2.29. The van der Waals surface area contributed by atoms with Crippen LogP contribution in [0.2, 0.25) is 0 Å². The molecule has 2 amide bonds. The molecule has 2 aromatic carbocycles. The Morgan fingerprint density at radius 1 is 0.962 bits per heavy atom. The number of carbonyl (C=O) groups excluding carboxylic acids is 2. The first-order valence-electron chi connectivity index (χ1n) is 8.61. The van der Waals surface area contributed by atoms with Crippen LogP contribution >= 0.6 is 0 Å². The van der Waals surface area contributed by atoms with Crippen LogP contribution in [0.15, 0.2) is 72.8 Å². The van der Waals surface area contributed by atoms with Crippen molar-refractivity contribution >= 4 is 17.9 Å². The van der Waals surface area contributed by atoms with E-state index in [9.17, 15) is 9.59 Å². The van der Waals surface area contributed by atoms with Crippen LogP contribution in [-0.4, -0.2) is 24.9 Å². The molecular weight excluding hydrogens is 324 g/mol. The largest absolute Gasteiger partial charge is 0.352 e. The van der Waals surface area contributed by atoms with Crippen molar-refractivity contribution in [2.24, 2.45) is 0 Å². The Balaban J connectivity index is 1.79. The molecule has 0 bridgehead atoms. The topological polar surface area (TPSA) is 58.2 Å². The molecular formula is C22H24N2O2. The van der Waals surface area contributed by atoms with E-state index in [1.807, 2.05) is 42.5 Å². The minimum atomic E-state index is -0.158. The van der Waals surface area contributed by atoms with E-state index in [0.717, 1.165) is 16.7 Å². The van der Waals surface area contributed by atoms with E-state index in [-0.39, 0.29) is 11.8 Å². The fraction of sp³-hybridized carbons (Fsp3) is 0.182. The molecule has 26 heavy (non-hydrogen) atoms. The van der Waals surface area contributed by atoms with Crippen LogP contribution < -0.4 is 10.6 Å². The maximum atomic E-state index is 11.9. The average molecular weight is 348 g/mol. The molecule has 0 spiro atoms. The molecule has 0 aliphatic heterocycles. The molecule has 0 unspecified atom stereocenters. The van der Waals surface area contributed by atoms with Crippen molar-refractivity contribution in [2.75, 3.05) is 13.1 Å². The van der Waals surface area contributed by atoms with Crippen molar-refractivity contribution < 1.29 is 9.59 Å². The fourth-order valence-electron chi connectivity index (χ4n) is 2.34. The van der Waals surface area contributed by atoms with E-state index in [2.05, 4.69) is 29.3 Å². The van der Waals surface area contributed by atoms with Gasteiger partial charge in [0.25, 0.3) is 0 Å². The average Bonchev–Trinajstić information content (AvgIpc) is 2.66. The number of carbonyl (C=O) groups is 2. The lowest BCUT2D eigenvalue weighted by molar-refractivity contribution is -0.117. The second-order valence-corrected chi connectivity index (χ2v) is 6.01. The van der Waals surface area contributed by atoms with Gasteiger partial charge in [0.1, 0.15) is 0 Å². The molecule has 4 nitrogen and oxygen atoms in total. The van der Waals surface area contributed by atoms with Gasteiger partial charge in [-0.2, -0.15) is 0 Å². The highest BCUT2D eigenvalue weighted by atomic mass is 16.2. The number of benzene rings is 2. The van der Waals surface area contributed by atoms with Gasteiger partial charge in [0.05, 0.1) is 0 Å². The van der Waals surface area contributed by atoms with E-state index in [4.69, 9.17) is 0 Å². The maximum absolute atomic E-state index is 11.9. The van der Waals surface area contributed by atoms with Crippen LogP contribution in [0.4, 0.5) is 0 Å². The molecule has 0 aliphatic rings. The summed E-state index contributed by atoms with van der Waals surface area (Å²) >= 11 is 0. The third-order valence-electron chi connectivity index (χ3n) is 3.75. The molecule has 0 heterocycles. The third kappa shape index (κ3) is 6.40. The van der Waals surface area contributed by atoms with E-state index in [1.54, 1.807) is 13.0 Å². The van der Waals surface area contributed by atoms with Crippen molar-refractivity contribution in [3.8, 4) is 11.1 Å². The first-order valence-corrected chi connectivity index (χ1v) is 8.61. The van der Waals surface area contributed by atoms with Crippen LogP contribution in [0.25, 0.3) is 17.2 Å². The molecule has 2 N–H and O–H groups in total. The Morgan fingerprint density at radius 3 is 2.38 bits per heavy atom. The number of amides is 2. The van der Waals surface area contributed by atoms with Crippen LogP contribution in [0, 0.1) is 0 Å².